The van der Waals surface area contributed by atoms with Crippen LogP contribution in [0, 0.1) is 13.8 Å². The smallest absolute Gasteiger partial charge is 0.316 e. The van der Waals surface area contributed by atoms with Crippen LogP contribution in [0.4, 0.5) is 16.2 Å². The molecule has 1 aromatic heterocycles. The molecule has 0 unspecified atom stereocenters. The van der Waals surface area contributed by atoms with Crippen molar-refractivity contribution in [1.29, 1.82) is 0 Å². The molecule has 0 aliphatic carbocycles. The highest BCUT2D eigenvalue weighted by Crippen LogP contribution is 2.17. The van der Waals surface area contributed by atoms with Gasteiger partial charge in [0.1, 0.15) is 0 Å². The van der Waals surface area contributed by atoms with Gasteiger partial charge in [0.25, 0.3) is 5.91 Å². The van der Waals surface area contributed by atoms with E-state index in [1.54, 1.807) is 36.4 Å². The minimum absolute atomic E-state index is 0.249. The molecule has 0 radical (unpaired) electrons. The normalized spacial score (nSPS) is 10.4. The first-order valence-electron chi connectivity index (χ1n) is 8.04. The van der Waals surface area contributed by atoms with E-state index in [1.807, 2.05) is 36.7 Å². The van der Waals surface area contributed by atoms with Crippen molar-refractivity contribution in [2.45, 2.75) is 13.8 Å². The number of nitrogens with one attached hydrogen (secondary N) is 2. The van der Waals surface area contributed by atoms with Gasteiger partial charge in [-0.15, -0.1) is 0 Å². The summed E-state index contributed by atoms with van der Waals surface area (Å²) in [5.74, 6) is -0.249. The van der Waals surface area contributed by atoms with Gasteiger partial charge in [0.05, 0.1) is 11.4 Å². The molecule has 3 amide bonds. The summed E-state index contributed by atoms with van der Waals surface area (Å²) in [5.41, 5.74) is 9.54. The van der Waals surface area contributed by atoms with Gasteiger partial charge in [-0.05, 0) is 62.4 Å². The lowest BCUT2D eigenvalue weighted by Gasteiger charge is -2.09. The third kappa shape index (κ3) is 3.89. The topological polar surface area (TPSA) is 102 Å². The molecule has 132 valence electrons. The van der Waals surface area contributed by atoms with Crippen molar-refractivity contribution in [3.05, 3.63) is 71.5 Å². The van der Waals surface area contributed by atoms with E-state index in [9.17, 15) is 9.59 Å². The molecule has 1 heterocycles. The molecule has 0 aliphatic rings. The minimum atomic E-state index is -0.659. The Kier molecular flexibility index (Phi) is 4.70. The summed E-state index contributed by atoms with van der Waals surface area (Å²) in [4.78, 5) is 23.3. The SMILES string of the molecule is Cc1cc(C)n(-c2ccc(C(=O)Nc3cccc(NC(N)=O)c3)cc2)n1. The largest absolute Gasteiger partial charge is 0.351 e. The van der Waals surface area contributed by atoms with E-state index in [-0.39, 0.29) is 5.91 Å². The van der Waals surface area contributed by atoms with Crippen molar-refractivity contribution >= 4 is 23.3 Å². The number of nitrogens with two attached hydrogens (primary N) is 1. The molecular formula is C19H19N5O2. The highest BCUT2D eigenvalue weighted by atomic mass is 16.2. The van der Waals surface area contributed by atoms with E-state index in [0.29, 0.717) is 16.9 Å². The van der Waals surface area contributed by atoms with Crippen molar-refractivity contribution in [1.82, 2.24) is 9.78 Å². The van der Waals surface area contributed by atoms with Gasteiger partial charge in [-0.2, -0.15) is 5.10 Å². The quantitative estimate of drug-likeness (QED) is 0.674. The van der Waals surface area contributed by atoms with Crippen LogP contribution in [0.3, 0.4) is 0 Å². The zero-order chi connectivity index (χ0) is 18.7. The molecule has 0 bridgehead atoms. The predicted molar refractivity (Wildman–Crippen MR) is 101 cm³/mol. The number of aromatic nitrogens is 2. The molecule has 0 spiro atoms. The Balaban J connectivity index is 1.74. The van der Waals surface area contributed by atoms with E-state index in [1.165, 1.54) is 0 Å². The van der Waals surface area contributed by atoms with Crippen molar-refractivity contribution in [2.24, 2.45) is 5.73 Å². The number of amides is 3. The summed E-state index contributed by atoms with van der Waals surface area (Å²) in [6.45, 7) is 3.92. The number of urea groups is 1. The van der Waals surface area contributed by atoms with Crippen LogP contribution in [-0.2, 0) is 0 Å². The highest BCUT2D eigenvalue weighted by Gasteiger charge is 2.09. The highest BCUT2D eigenvalue weighted by molar-refractivity contribution is 6.04. The second-order valence-electron chi connectivity index (χ2n) is 5.91. The fourth-order valence-corrected chi connectivity index (χ4v) is 2.66. The molecule has 0 atom stereocenters. The number of aryl methyl sites for hydroxylation is 2. The number of benzene rings is 2. The molecule has 3 rings (SSSR count). The number of nitrogens with zero attached hydrogens (tertiary/aromatic N) is 2. The number of primary amides is 1. The Morgan fingerprint density at radius 3 is 2.19 bits per heavy atom. The van der Waals surface area contributed by atoms with Crippen LogP contribution in [0.1, 0.15) is 21.7 Å². The standard InChI is InChI=1S/C19H19N5O2/c1-12-10-13(2)24(23-12)17-8-6-14(7-9-17)18(25)21-15-4-3-5-16(11-15)22-19(20)26/h3-11H,1-2H3,(H,21,25)(H3,20,22,26). The maximum Gasteiger partial charge on any atom is 0.316 e. The number of hydrogen-bond acceptors (Lipinski definition) is 3. The Labute approximate surface area is 150 Å². The number of carbonyl (C=O) groups is 2. The fourth-order valence-electron chi connectivity index (χ4n) is 2.66. The number of anilines is 2. The van der Waals surface area contributed by atoms with Gasteiger partial charge in [-0.3, -0.25) is 4.79 Å². The maximum absolute atomic E-state index is 12.4. The molecule has 0 saturated carbocycles. The number of hydrogen-bond donors (Lipinski definition) is 3. The second kappa shape index (κ2) is 7.10. The predicted octanol–water partition coefficient (Wildman–Crippen LogP) is 3.23. The van der Waals surface area contributed by atoms with Gasteiger partial charge in [0.2, 0.25) is 0 Å². The molecule has 7 nitrogen and oxygen atoms in total. The van der Waals surface area contributed by atoms with Crippen LogP contribution in [0.5, 0.6) is 0 Å². The summed E-state index contributed by atoms with van der Waals surface area (Å²) < 4.78 is 1.83. The first-order chi connectivity index (χ1) is 12.4. The lowest BCUT2D eigenvalue weighted by molar-refractivity contribution is 0.102. The van der Waals surface area contributed by atoms with Crippen LogP contribution in [-0.4, -0.2) is 21.7 Å². The number of carbonyl (C=O) groups excluding carboxylic acids is 2. The van der Waals surface area contributed by atoms with Crippen molar-refractivity contribution in [3.63, 3.8) is 0 Å². The first kappa shape index (κ1) is 17.2. The minimum Gasteiger partial charge on any atom is -0.351 e. The van der Waals surface area contributed by atoms with E-state index in [4.69, 9.17) is 5.73 Å². The molecule has 0 saturated heterocycles. The summed E-state index contributed by atoms with van der Waals surface area (Å²) in [5, 5.41) is 9.69. The van der Waals surface area contributed by atoms with Crippen molar-refractivity contribution in [3.8, 4) is 5.69 Å². The Morgan fingerprint density at radius 1 is 0.962 bits per heavy atom. The van der Waals surface area contributed by atoms with Crippen molar-refractivity contribution in [2.75, 3.05) is 10.6 Å². The fraction of sp³-hybridized carbons (Fsp3) is 0.105. The van der Waals surface area contributed by atoms with Crippen LogP contribution in [0.2, 0.25) is 0 Å². The molecule has 2 aromatic carbocycles. The van der Waals surface area contributed by atoms with Crippen molar-refractivity contribution < 1.29 is 9.59 Å². The van der Waals surface area contributed by atoms with E-state index < -0.39 is 6.03 Å². The van der Waals surface area contributed by atoms with Gasteiger partial charge < -0.3 is 16.4 Å². The molecule has 3 aromatic rings. The third-order valence-corrected chi connectivity index (χ3v) is 3.77. The summed E-state index contributed by atoms with van der Waals surface area (Å²) >= 11 is 0. The van der Waals surface area contributed by atoms with Gasteiger partial charge in [0.15, 0.2) is 0 Å². The Morgan fingerprint density at radius 2 is 1.62 bits per heavy atom. The second-order valence-corrected chi connectivity index (χ2v) is 5.91. The molecule has 4 N–H and O–H groups in total. The molecule has 26 heavy (non-hydrogen) atoms. The van der Waals surface area contributed by atoms with E-state index in [2.05, 4.69) is 15.7 Å². The Hall–Kier alpha value is -3.61. The van der Waals surface area contributed by atoms with Crippen LogP contribution in [0.25, 0.3) is 5.69 Å². The molecule has 0 aliphatic heterocycles. The zero-order valence-electron chi connectivity index (χ0n) is 14.5. The van der Waals surface area contributed by atoms with E-state index in [0.717, 1.165) is 17.1 Å². The average Bonchev–Trinajstić information content (AvgIpc) is 2.93. The van der Waals surface area contributed by atoms with Gasteiger partial charge in [-0.1, -0.05) is 6.07 Å². The average molecular weight is 349 g/mol. The van der Waals surface area contributed by atoms with E-state index >= 15 is 0 Å². The molecule has 7 heteroatoms. The van der Waals surface area contributed by atoms with Gasteiger partial charge in [-0.25, -0.2) is 9.48 Å². The first-order valence-corrected chi connectivity index (χ1v) is 8.04. The monoisotopic (exact) mass is 349 g/mol. The van der Waals surface area contributed by atoms with Crippen LogP contribution >= 0.6 is 0 Å². The summed E-state index contributed by atoms with van der Waals surface area (Å²) in [6, 6.07) is 15.3. The van der Waals surface area contributed by atoms with Crippen LogP contribution < -0.4 is 16.4 Å². The lowest BCUT2D eigenvalue weighted by atomic mass is 10.2. The zero-order valence-corrected chi connectivity index (χ0v) is 14.5. The summed E-state index contributed by atoms with van der Waals surface area (Å²) in [6.07, 6.45) is 0. The van der Waals surface area contributed by atoms with Gasteiger partial charge in [0, 0.05) is 22.6 Å². The molecule has 0 fully saturated rings. The number of rotatable bonds is 4. The summed E-state index contributed by atoms with van der Waals surface area (Å²) in [7, 11) is 0. The van der Waals surface area contributed by atoms with Gasteiger partial charge >= 0.3 is 6.03 Å². The third-order valence-electron chi connectivity index (χ3n) is 3.77. The molecular weight excluding hydrogens is 330 g/mol. The van der Waals surface area contributed by atoms with Crippen LogP contribution in [0.15, 0.2) is 54.6 Å². The maximum atomic E-state index is 12.4. The Bertz CT molecular complexity index is 960. The lowest BCUT2D eigenvalue weighted by Crippen LogP contribution is -2.19.